The zero-order valence-corrected chi connectivity index (χ0v) is 14.8. The predicted molar refractivity (Wildman–Crippen MR) is 88.8 cm³/mol. The van der Waals surface area contributed by atoms with Crippen LogP contribution in [0.15, 0.2) is 0 Å². The highest BCUT2D eigenvalue weighted by Gasteiger charge is 2.35. The Morgan fingerprint density at radius 2 is 1.72 bits per heavy atom. The van der Waals surface area contributed by atoms with Crippen LogP contribution in [0.25, 0.3) is 0 Å². The number of nitrogens with zero attached hydrogens (tertiary/aromatic N) is 1. The molecule has 1 aliphatic carbocycles. The van der Waals surface area contributed by atoms with Crippen molar-refractivity contribution < 1.29 is 34.7 Å². The first-order chi connectivity index (χ1) is 11.9. The van der Waals surface area contributed by atoms with Crippen LogP contribution in [0.3, 0.4) is 0 Å². The number of hydrogen-bond donors (Lipinski definition) is 4. The van der Waals surface area contributed by atoms with Crippen molar-refractivity contribution in [2.45, 2.75) is 62.6 Å². The molecule has 1 saturated carbocycles. The molecule has 1 amide bonds. The summed E-state index contributed by atoms with van der Waals surface area (Å²) in [6.45, 7) is 0.250. The predicted octanol–water partition coefficient (Wildman–Crippen LogP) is -1.12. The molecule has 0 aromatic carbocycles. The maximum absolute atomic E-state index is 12.7. The summed E-state index contributed by atoms with van der Waals surface area (Å²) in [7, 11) is 1.40. The summed E-state index contributed by atoms with van der Waals surface area (Å²) >= 11 is 0. The van der Waals surface area contributed by atoms with Crippen LogP contribution in [0, 0.1) is 5.92 Å². The zero-order valence-electron chi connectivity index (χ0n) is 14.8. The van der Waals surface area contributed by atoms with E-state index in [9.17, 15) is 25.2 Å². The smallest absolute Gasteiger partial charge is 0.225 e. The number of methoxy groups -OCH3 is 1. The molecule has 5 atom stereocenters. The summed E-state index contributed by atoms with van der Waals surface area (Å²) in [5, 5.41) is 40.7. The first kappa shape index (κ1) is 20.5. The summed E-state index contributed by atoms with van der Waals surface area (Å²) in [6, 6.07) is 0. The van der Waals surface area contributed by atoms with Crippen LogP contribution in [-0.4, -0.2) is 95.2 Å². The second kappa shape index (κ2) is 9.80. The maximum Gasteiger partial charge on any atom is 0.225 e. The van der Waals surface area contributed by atoms with Crippen molar-refractivity contribution in [3.8, 4) is 0 Å². The lowest BCUT2D eigenvalue weighted by atomic mass is 9.84. The van der Waals surface area contributed by atoms with Crippen LogP contribution in [0.4, 0.5) is 0 Å². The van der Waals surface area contributed by atoms with Gasteiger partial charge in [-0.05, 0) is 25.7 Å². The monoisotopic (exact) mass is 361 g/mol. The van der Waals surface area contributed by atoms with Gasteiger partial charge in [-0.2, -0.15) is 0 Å². The van der Waals surface area contributed by atoms with Gasteiger partial charge in [0.15, 0.2) is 0 Å². The van der Waals surface area contributed by atoms with Gasteiger partial charge in [0.05, 0.1) is 18.8 Å². The summed E-state index contributed by atoms with van der Waals surface area (Å²) in [5.41, 5.74) is 0. The average molecular weight is 361 g/mol. The Hall–Kier alpha value is -0.770. The minimum absolute atomic E-state index is 0.0277. The van der Waals surface area contributed by atoms with Crippen LogP contribution in [0.1, 0.15) is 32.1 Å². The Morgan fingerprint density at radius 1 is 1.00 bits per heavy atom. The molecule has 0 radical (unpaired) electrons. The van der Waals surface area contributed by atoms with Crippen LogP contribution in [-0.2, 0) is 14.3 Å². The summed E-state index contributed by atoms with van der Waals surface area (Å²) in [4.78, 5) is 14.1. The average Bonchev–Trinajstić information content (AvgIpc) is 2.55. The van der Waals surface area contributed by atoms with E-state index in [0.29, 0.717) is 19.4 Å². The fourth-order valence-corrected chi connectivity index (χ4v) is 3.19. The molecule has 8 heteroatoms. The lowest BCUT2D eigenvalue weighted by molar-refractivity contribution is -0.147. The molecule has 1 heterocycles. The highest BCUT2D eigenvalue weighted by molar-refractivity contribution is 5.79. The van der Waals surface area contributed by atoms with Gasteiger partial charge < -0.3 is 34.8 Å². The molecule has 2 fully saturated rings. The molecule has 0 aromatic rings. The Bertz CT molecular complexity index is 418. The van der Waals surface area contributed by atoms with Gasteiger partial charge in [0.25, 0.3) is 0 Å². The van der Waals surface area contributed by atoms with Gasteiger partial charge in [-0.3, -0.25) is 4.79 Å². The number of ether oxygens (including phenoxy) is 2. The largest absolute Gasteiger partial charge is 0.390 e. The molecule has 4 N–H and O–H groups in total. The Balaban J connectivity index is 2.14. The summed E-state index contributed by atoms with van der Waals surface area (Å²) in [6.07, 6.45) is -1.75. The van der Waals surface area contributed by atoms with Gasteiger partial charge in [-0.1, -0.05) is 6.42 Å². The number of aliphatic hydroxyl groups excluding tert-OH is 4. The highest BCUT2D eigenvalue weighted by Crippen LogP contribution is 2.29. The van der Waals surface area contributed by atoms with Crippen LogP contribution in [0.5, 0.6) is 0 Å². The number of rotatable bonds is 2. The Kier molecular flexibility index (Phi) is 8.05. The van der Waals surface area contributed by atoms with Crippen molar-refractivity contribution in [1.82, 2.24) is 4.90 Å². The molecule has 2 aliphatic rings. The van der Waals surface area contributed by atoms with Gasteiger partial charge in [-0.25, -0.2) is 0 Å². The third-order valence-electron chi connectivity index (χ3n) is 5.17. The zero-order chi connectivity index (χ0) is 18.4. The minimum Gasteiger partial charge on any atom is -0.390 e. The number of carbonyl (C=O) groups excluding carboxylic acids is 1. The second-order valence-corrected chi connectivity index (χ2v) is 7.05. The van der Waals surface area contributed by atoms with Crippen LogP contribution in [0.2, 0.25) is 0 Å². The summed E-state index contributed by atoms with van der Waals surface area (Å²) < 4.78 is 10.6. The van der Waals surface area contributed by atoms with E-state index >= 15 is 0 Å². The number of β-amino-alcohol motifs (C(OH)–C–C–N with tert-alkyl or cyclic N) is 1. The lowest BCUT2D eigenvalue weighted by Gasteiger charge is -2.36. The van der Waals surface area contributed by atoms with E-state index in [1.54, 1.807) is 0 Å². The molecule has 8 nitrogen and oxygen atoms in total. The third-order valence-corrected chi connectivity index (χ3v) is 5.17. The third kappa shape index (κ3) is 5.60. The number of carbonyl (C=O) groups is 1. The SMILES string of the molecule is CO[C@@H]1CN(C(=O)C2CCC2)C[C@@H](O)[C@H](O)CCCOC[C@@H](O)[C@H]1O. The van der Waals surface area contributed by atoms with Crippen molar-refractivity contribution in [3.05, 3.63) is 0 Å². The molecule has 0 bridgehead atoms. The van der Waals surface area contributed by atoms with Gasteiger partial charge in [0.1, 0.15) is 18.3 Å². The van der Waals surface area contributed by atoms with Crippen molar-refractivity contribution >= 4 is 5.91 Å². The van der Waals surface area contributed by atoms with Gasteiger partial charge in [0, 0.05) is 32.7 Å². The standard InChI is InChI=1S/C17H31NO7/c1-24-15-9-18(17(23)11-4-2-5-11)8-13(20)12(19)6-3-7-25-10-14(21)16(15)22/h11-16,19-22H,2-10H2,1H3/t12-,13-,14-,15-,16-/m1/s1. The van der Waals surface area contributed by atoms with Gasteiger partial charge in [0.2, 0.25) is 5.91 Å². The molecule has 2 rings (SSSR count). The van der Waals surface area contributed by atoms with Crippen molar-refractivity contribution in [1.29, 1.82) is 0 Å². The van der Waals surface area contributed by atoms with Crippen molar-refractivity contribution in [2.24, 2.45) is 5.92 Å². The van der Waals surface area contributed by atoms with Crippen LogP contribution < -0.4 is 0 Å². The molecule has 1 saturated heterocycles. The summed E-state index contributed by atoms with van der Waals surface area (Å²) in [5.74, 6) is -0.185. The normalized spacial score (nSPS) is 36.7. The Labute approximate surface area is 148 Å². The van der Waals surface area contributed by atoms with E-state index in [1.165, 1.54) is 12.0 Å². The van der Waals surface area contributed by atoms with E-state index < -0.39 is 30.5 Å². The van der Waals surface area contributed by atoms with E-state index in [4.69, 9.17) is 9.47 Å². The molecule has 0 spiro atoms. The number of hydrogen-bond acceptors (Lipinski definition) is 7. The number of amides is 1. The van der Waals surface area contributed by atoms with E-state index in [-0.39, 0.29) is 31.5 Å². The number of aliphatic hydroxyl groups is 4. The van der Waals surface area contributed by atoms with Gasteiger partial charge in [-0.15, -0.1) is 0 Å². The fraction of sp³-hybridized carbons (Fsp3) is 0.941. The molecule has 1 aliphatic heterocycles. The highest BCUT2D eigenvalue weighted by atomic mass is 16.5. The van der Waals surface area contributed by atoms with Crippen LogP contribution >= 0.6 is 0 Å². The molecular formula is C17H31NO7. The quantitative estimate of drug-likeness (QED) is 0.492. The van der Waals surface area contributed by atoms with E-state index in [2.05, 4.69) is 0 Å². The first-order valence-corrected chi connectivity index (χ1v) is 9.05. The molecule has 0 unspecified atom stereocenters. The molecule has 25 heavy (non-hydrogen) atoms. The fourth-order valence-electron chi connectivity index (χ4n) is 3.19. The maximum atomic E-state index is 12.7. The molecule has 146 valence electrons. The van der Waals surface area contributed by atoms with Crippen molar-refractivity contribution in [2.75, 3.05) is 33.4 Å². The Morgan fingerprint density at radius 3 is 2.32 bits per heavy atom. The van der Waals surface area contributed by atoms with Gasteiger partial charge >= 0.3 is 0 Å². The molecule has 0 aromatic heterocycles. The van der Waals surface area contributed by atoms with Crippen molar-refractivity contribution in [3.63, 3.8) is 0 Å². The lowest BCUT2D eigenvalue weighted by Crippen LogP contribution is -2.52. The first-order valence-electron chi connectivity index (χ1n) is 9.05. The molecular weight excluding hydrogens is 330 g/mol. The van der Waals surface area contributed by atoms with E-state index in [0.717, 1.165) is 19.3 Å². The minimum atomic E-state index is -1.22. The second-order valence-electron chi connectivity index (χ2n) is 7.05. The van der Waals surface area contributed by atoms with E-state index in [1.807, 2.05) is 0 Å². The topological polar surface area (TPSA) is 120 Å².